The number of piperidine rings is 1. The Balaban J connectivity index is 0.799. The average Bonchev–Trinajstić information content (AvgIpc) is 3.94. The van der Waals surface area contributed by atoms with Crippen LogP contribution in [-0.4, -0.2) is 87.2 Å². The van der Waals surface area contributed by atoms with E-state index in [0.717, 1.165) is 107 Å². The normalized spacial score (nSPS) is 15.5. The first-order valence-corrected chi connectivity index (χ1v) is 21.3. The van der Waals surface area contributed by atoms with Gasteiger partial charge in [0.15, 0.2) is 5.82 Å². The van der Waals surface area contributed by atoms with Crippen LogP contribution in [-0.2, 0) is 10.2 Å². The van der Waals surface area contributed by atoms with E-state index in [1.807, 2.05) is 78.1 Å². The van der Waals surface area contributed by atoms with E-state index in [9.17, 15) is 14.4 Å². The zero-order valence-corrected chi connectivity index (χ0v) is 36.1. The third kappa shape index (κ3) is 9.29. The molecule has 62 heavy (non-hydrogen) atoms. The number of amides is 4. The van der Waals surface area contributed by atoms with Gasteiger partial charge in [0, 0.05) is 84.3 Å². The molecule has 2 aliphatic heterocycles. The van der Waals surface area contributed by atoms with E-state index in [2.05, 4.69) is 80.5 Å². The van der Waals surface area contributed by atoms with Crippen molar-refractivity contribution in [3.8, 4) is 22.5 Å². The van der Waals surface area contributed by atoms with Crippen LogP contribution in [0.3, 0.4) is 0 Å². The summed E-state index contributed by atoms with van der Waals surface area (Å²) in [6.45, 7) is 16.8. The summed E-state index contributed by atoms with van der Waals surface area (Å²) >= 11 is 0. The first kappa shape index (κ1) is 42.0. The summed E-state index contributed by atoms with van der Waals surface area (Å²) in [5.74, 6) is 1.21. The number of aryl methyl sites for hydroxylation is 2. The molecule has 6 heterocycles. The van der Waals surface area contributed by atoms with Crippen LogP contribution in [0.2, 0.25) is 0 Å². The number of imide groups is 1. The predicted molar refractivity (Wildman–Crippen MR) is 239 cm³/mol. The number of pyridine rings is 1. The van der Waals surface area contributed by atoms with Gasteiger partial charge in [-0.3, -0.25) is 19.8 Å². The van der Waals surface area contributed by atoms with Crippen molar-refractivity contribution in [3.63, 3.8) is 0 Å². The highest BCUT2D eigenvalue weighted by Crippen LogP contribution is 2.33. The van der Waals surface area contributed by atoms with Gasteiger partial charge >= 0.3 is 17.8 Å². The standard InChI is InChI=1S/C46H54N12O4/c1-27-21-31(7-10-34(27)29(3)52-42(60)43-55-44(56-62-43)46(4,5)6)40-35-23-36(53-41(35)51-26-50-40)32-8-12-38(49-25-32)48-17-16-47-24-30-13-18-57(19-14-30)33-9-11-37(28(2)22-33)58-20-15-39(59)54-45(58)61/h7-12,21-23,25-26,29-30,47H,13-20,24H2,1-6H3,(H,48,49)(H,52,60)(H,50,51,53)(H,54,59,61)/t29-/m1/s1. The maximum atomic E-state index is 12.9. The summed E-state index contributed by atoms with van der Waals surface area (Å²) < 4.78 is 5.24. The van der Waals surface area contributed by atoms with E-state index in [4.69, 9.17) is 4.52 Å². The van der Waals surface area contributed by atoms with Gasteiger partial charge in [0.25, 0.3) is 0 Å². The zero-order chi connectivity index (χ0) is 43.5. The number of nitrogens with one attached hydrogen (secondary N) is 5. The Kier molecular flexibility index (Phi) is 12.0. The number of aromatic nitrogens is 6. The van der Waals surface area contributed by atoms with Crippen LogP contribution in [0, 0.1) is 19.8 Å². The van der Waals surface area contributed by atoms with E-state index in [1.54, 1.807) is 11.2 Å². The lowest BCUT2D eigenvalue weighted by Gasteiger charge is -2.34. The maximum absolute atomic E-state index is 12.9. The largest absolute Gasteiger partial charge is 0.372 e. The molecule has 16 heteroatoms. The van der Waals surface area contributed by atoms with Crippen LogP contribution in [0.15, 0.2) is 71.6 Å². The Morgan fingerprint density at radius 2 is 1.74 bits per heavy atom. The molecule has 8 rings (SSSR count). The number of H-pyrrole nitrogens is 1. The minimum absolute atomic E-state index is 0.0538. The van der Waals surface area contributed by atoms with Crippen LogP contribution in [0.4, 0.5) is 22.0 Å². The van der Waals surface area contributed by atoms with Crippen molar-refractivity contribution < 1.29 is 18.9 Å². The summed E-state index contributed by atoms with van der Waals surface area (Å²) in [6.07, 6.45) is 5.95. The summed E-state index contributed by atoms with van der Waals surface area (Å²) in [6, 6.07) is 17.8. The van der Waals surface area contributed by atoms with Crippen LogP contribution in [0.25, 0.3) is 33.5 Å². The topological polar surface area (TPSA) is 199 Å². The van der Waals surface area contributed by atoms with Gasteiger partial charge < -0.3 is 30.4 Å². The number of fused-ring (bicyclic) bond motifs is 1. The van der Waals surface area contributed by atoms with Crippen LogP contribution < -0.4 is 31.1 Å². The van der Waals surface area contributed by atoms with Gasteiger partial charge in [0.2, 0.25) is 5.91 Å². The smallest absolute Gasteiger partial charge is 0.328 e. The molecule has 0 spiro atoms. The van der Waals surface area contributed by atoms with Crippen molar-refractivity contribution in [1.29, 1.82) is 0 Å². The van der Waals surface area contributed by atoms with Gasteiger partial charge in [-0.15, -0.1) is 0 Å². The first-order chi connectivity index (χ1) is 29.8. The fourth-order valence-electron chi connectivity index (χ4n) is 8.16. The molecule has 16 nitrogen and oxygen atoms in total. The van der Waals surface area contributed by atoms with Crippen molar-refractivity contribution in [2.45, 2.75) is 72.3 Å². The van der Waals surface area contributed by atoms with Crippen molar-refractivity contribution in [3.05, 3.63) is 95.5 Å². The highest BCUT2D eigenvalue weighted by atomic mass is 16.5. The fourth-order valence-corrected chi connectivity index (χ4v) is 8.16. The molecule has 4 amide bonds. The van der Waals surface area contributed by atoms with E-state index in [1.165, 1.54) is 5.69 Å². The van der Waals surface area contributed by atoms with Gasteiger partial charge in [0.05, 0.1) is 11.7 Å². The molecule has 322 valence electrons. The van der Waals surface area contributed by atoms with Crippen molar-refractivity contribution >= 4 is 46.1 Å². The number of urea groups is 1. The number of nitrogens with zero attached hydrogens (tertiary/aromatic N) is 7. The van der Waals surface area contributed by atoms with Crippen LogP contribution >= 0.6 is 0 Å². The second-order valence-corrected chi connectivity index (χ2v) is 17.3. The highest BCUT2D eigenvalue weighted by molar-refractivity contribution is 6.06. The van der Waals surface area contributed by atoms with Gasteiger partial charge in [0.1, 0.15) is 17.8 Å². The lowest BCUT2D eigenvalue weighted by Crippen LogP contribution is -2.49. The predicted octanol–water partition coefficient (Wildman–Crippen LogP) is 6.84. The number of hydrogen-bond acceptors (Lipinski definition) is 12. The highest BCUT2D eigenvalue weighted by Gasteiger charge is 2.27. The number of aromatic amines is 1. The summed E-state index contributed by atoms with van der Waals surface area (Å²) in [5, 5.41) is 17.3. The molecule has 2 saturated heterocycles. The molecule has 0 radical (unpaired) electrons. The van der Waals surface area contributed by atoms with E-state index in [-0.39, 0.29) is 29.3 Å². The second kappa shape index (κ2) is 17.7. The van der Waals surface area contributed by atoms with Crippen molar-refractivity contribution in [1.82, 2.24) is 46.0 Å². The fraction of sp³-hybridized carbons (Fsp3) is 0.391. The first-order valence-electron chi connectivity index (χ1n) is 21.3. The van der Waals surface area contributed by atoms with Crippen molar-refractivity contribution in [2.24, 2.45) is 5.92 Å². The minimum Gasteiger partial charge on any atom is -0.372 e. The van der Waals surface area contributed by atoms with Crippen LogP contribution in [0.5, 0.6) is 0 Å². The number of anilines is 3. The molecule has 2 fully saturated rings. The van der Waals surface area contributed by atoms with E-state index >= 15 is 0 Å². The Morgan fingerprint density at radius 3 is 2.45 bits per heavy atom. The molecule has 1 atom stereocenters. The third-order valence-electron chi connectivity index (χ3n) is 11.7. The number of benzene rings is 2. The lowest BCUT2D eigenvalue weighted by atomic mass is 9.96. The molecule has 0 aliphatic carbocycles. The molecule has 6 aromatic rings. The Bertz CT molecular complexity index is 2590. The monoisotopic (exact) mass is 838 g/mol. The average molecular weight is 839 g/mol. The quantitative estimate of drug-likeness (QED) is 0.0761. The molecular weight excluding hydrogens is 785 g/mol. The SMILES string of the molecule is Cc1cc(-c2ncnc3[nH]c(-c4ccc(NCCNCC5CCN(c6ccc(N7CCC(=O)NC7=O)c(C)c6)CC5)nc4)cc23)ccc1[C@@H](C)NC(=O)c1nc(C(C)(C)C)no1. The molecule has 2 aromatic carbocycles. The number of carbonyl (C=O) groups is 3. The van der Waals surface area contributed by atoms with Crippen LogP contribution in [0.1, 0.15) is 86.2 Å². The summed E-state index contributed by atoms with van der Waals surface area (Å²) in [7, 11) is 0. The molecular formula is C46H54N12O4. The third-order valence-corrected chi connectivity index (χ3v) is 11.7. The Hall–Kier alpha value is -6.68. The van der Waals surface area contributed by atoms with Gasteiger partial charge in [-0.1, -0.05) is 38.1 Å². The molecule has 0 saturated carbocycles. The minimum atomic E-state index is -0.415. The maximum Gasteiger partial charge on any atom is 0.328 e. The van der Waals surface area contributed by atoms with Gasteiger partial charge in [-0.25, -0.2) is 19.7 Å². The molecule has 0 unspecified atom stereocenters. The van der Waals surface area contributed by atoms with E-state index in [0.29, 0.717) is 24.7 Å². The number of hydrogen-bond donors (Lipinski definition) is 5. The van der Waals surface area contributed by atoms with Gasteiger partial charge in [-0.2, -0.15) is 4.98 Å². The molecule has 4 aromatic heterocycles. The Labute approximate surface area is 360 Å². The van der Waals surface area contributed by atoms with Gasteiger partial charge in [-0.05, 0) is 105 Å². The zero-order valence-electron chi connectivity index (χ0n) is 36.1. The summed E-state index contributed by atoms with van der Waals surface area (Å²) in [5.41, 5.74) is 9.00. The molecule has 2 aliphatic rings. The molecule has 5 N–H and O–H groups in total. The van der Waals surface area contributed by atoms with E-state index < -0.39 is 5.91 Å². The molecule has 0 bridgehead atoms. The number of carbonyl (C=O) groups excluding carboxylic acids is 3. The number of rotatable bonds is 13. The lowest BCUT2D eigenvalue weighted by molar-refractivity contribution is -0.120. The summed E-state index contributed by atoms with van der Waals surface area (Å²) in [4.78, 5) is 62.5. The second-order valence-electron chi connectivity index (χ2n) is 17.3. The Morgan fingerprint density at radius 1 is 0.935 bits per heavy atom. The van der Waals surface area contributed by atoms with Crippen molar-refractivity contribution in [2.75, 3.05) is 54.4 Å².